The predicted octanol–water partition coefficient (Wildman–Crippen LogP) is 4.10. The van der Waals surface area contributed by atoms with Gasteiger partial charge >= 0.3 is 0 Å². The van der Waals surface area contributed by atoms with Gasteiger partial charge in [-0.05, 0) is 43.7 Å². The molecule has 12 heteroatoms. The molecule has 0 bridgehead atoms. The molecular formula is C17H12Cl3FN4O3S. The van der Waals surface area contributed by atoms with E-state index in [1.807, 2.05) is 4.72 Å². The molecule has 152 valence electrons. The number of carbonyl (C=O) groups excluding carboxylic acids is 1. The molecule has 3 rings (SSSR count). The summed E-state index contributed by atoms with van der Waals surface area (Å²) in [5, 5.41) is 8.20. The predicted molar refractivity (Wildman–Crippen MR) is 107 cm³/mol. The van der Waals surface area contributed by atoms with Gasteiger partial charge in [0, 0.05) is 0 Å². The van der Waals surface area contributed by atoms with Crippen LogP contribution in [0.2, 0.25) is 15.1 Å². The average Bonchev–Trinajstić information content (AvgIpc) is 3.01. The summed E-state index contributed by atoms with van der Waals surface area (Å²) in [6, 6.07) is 6.07. The number of hydrogen-bond acceptors (Lipinski definition) is 5. The van der Waals surface area contributed by atoms with Gasteiger partial charge in [0.05, 0.1) is 31.3 Å². The first-order valence-electron chi connectivity index (χ1n) is 7.92. The standard InChI is InChI=1S/C17H12Cl3FN4O3S/c1-8-3-4-10(21)5-15(8)29(27,28)23-17(26)16-9(2)25(24-22-16)14-7-12(19)11(18)6-13(14)20/h3-7H,1-2H3,(H,23,26). The second-order valence-corrected chi connectivity index (χ2v) is 8.87. The topological polar surface area (TPSA) is 93.9 Å². The lowest BCUT2D eigenvalue weighted by Crippen LogP contribution is -2.32. The first-order chi connectivity index (χ1) is 13.5. The molecule has 0 radical (unpaired) electrons. The van der Waals surface area contributed by atoms with Crippen molar-refractivity contribution < 1.29 is 17.6 Å². The van der Waals surface area contributed by atoms with Gasteiger partial charge < -0.3 is 0 Å². The van der Waals surface area contributed by atoms with Crippen molar-refractivity contribution >= 4 is 50.7 Å². The monoisotopic (exact) mass is 476 g/mol. The zero-order valence-corrected chi connectivity index (χ0v) is 18.0. The molecule has 1 heterocycles. The molecule has 29 heavy (non-hydrogen) atoms. The van der Waals surface area contributed by atoms with Crippen LogP contribution in [0.4, 0.5) is 4.39 Å². The lowest BCUT2D eigenvalue weighted by Gasteiger charge is -2.10. The van der Waals surface area contributed by atoms with E-state index in [0.717, 1.165) is 12.1 Å². The lowest BCUT2D eigenvalue weighted by molar-refractivity contribution is 0.0976. The van der Waals surface area contributed by atoms with Crippen molar-refractivity contribution in [3.05, 3.63) is 68.2 Å². The molecule has 0 aliphatic carbocycles. The number of halogens is 4. The molecule has 1 aromatic heterocycles. The Labute approximate surface area is 180 Å². The summed E-state index contributed by atoms with van der Waals surface area (Å²) in [4.78, 5) is 12.2. The van der Waals surface area contributed by atoms with Crippen molar-refractivity contribution in [2.45, 2.75) is 18.7 Å². The molecule has 0 saturated carbocycles. The Hall–Kier alpha value is -2.20. The second-order valence-electron chi connectivity index (χ2n) is 6.00. The number of nitrogens with zero attached hydrogens (tertiary/aromatic N) is 3. The Morgan fingerprint density at radius 2 is 1.72 bits per heavy atom. The largest absolute Gasteiger partial charge is 0.287 e. The quantitative estimate of drug-likeness (QED) is 0.571. The molecule has 0 aliphatic rings. The lowest BCUT2D eigenvalue weighted by atomic mass is 10.2. The van der Waals surface area contributed by atoms with Crippen LogP contribution in [0, 0.1) is 19.7 Å². The van der Waals surface area contributed by atoms with Gasteiger partial charge in [0.25, 0.3) is 15.9 Å². The van der Waals surface area contributed by atoms with E-state index in [9.17, 15) is 17.6 Å². The molecule has 0 atom stereocenters. The summed E-state index contributed by atoms with van der Waals surface area (Å²) in [7, 11) is -4.33. The number of carbonyl (C=O) groups is 1. The molecule has 0 aliphatic heterocycles. The number of aryl methyl sites for hydroxylation is 1. The van der Waals surface area contributed by atoms with Crippen LogP contribution in [0.25, 0.3) is 5.69 Å². The van der Waals surface area contributed by atoms with Gasteiger partial charge in [0.1, 0.15) is 5.82 Å². The fourth-order valence-corrected chi connectivity index (χ4v) is 4.36. The molecule has 0 saturated heterocycles. The van der Waals surface area contributed by atoms with Gasteiger partial charge in [-0.25, -0.2) is 22.2 Å². The summed E-state index contributed by atoms with van der Waals surface area (Å²) in [6.07, 6.45) is 0. The number of nitrogens with one attached hydrogen (secondary N) is 1. The minimum atomic E-state index is -4.33. The third-order valence-corrected chi connectivity index (χ3v) is 6.49. The van der Waals surface area contributed by atoms with Gasteiger partial charge in [-0.2, -0.15) is 0 Å². The summed E-state index contributed by atoms with van der Waals surface area (Å²) >= 11 is 18.1. The van der Waals surface area contributed by atoms with Gasteiger partial charge in [-0.15, -0.1) is 5.10 Å². The van der Waals surface area contributed by atoms with E-state index < -0.39 is 21.7 Å². The third-order valence-electron chi connectivity index (χ3n) is 3.99. The molecule has 2 aromatic carbocycles. The smallest absolute Gasteiger partial charge is 0.266 e. The van der Waals surface area contributed by atoms with Crippen LogP contribution in [0.5, 0.6) is 0 Å². The number of sulfonamides is 1. The van der Waals surface area contributed by atoms with Crippen molar-refractivity contribution in [2.75, 3.05) is 0 Å². The van der Waals surface area contributed by atoms with Crippen LogP contribution in [0.3, 0.4) is 0 Å². The Kier molecular flexibility index (Phi) is 5.86. The van der Waals surface area contributed by atoms with Crippen molar-refractivity contribution in [1.29, 1.82) is 0 Å². The van der Waals surface area contributed by atoms with E-state index in [4.69, 9.17) is 34.8 Å². The van der Waals surface area contributed by atoms with Crippen LogP contribution < -0.4 is 4.72 Å². The number of aromatic nitrogens is 3. The molecule has 0 unspecified atom stereocenters. The van der Waals surface area contributed by atoms with E-state index in [0.29, 0.717) is 5.69 Å². The van der Waals surface area contributed by atoms with E-state index in [1.54, 1.807) is 0 Å². The van der Waals surface area contributed by atoms with Crippen LogP contribution in [0.15, 0.2) is 35.2 Å². The summed E-state index contributed by atoms with van der Waals surface area (Å²) < 4.78 is 41.6. The first-order valence-corrected chi connectivity index (χ1v) is 10.5. The maximum Gasteiger partial charge on any atom is 0.287 e. The van der Waals surface area contributed by atoms with Gasteiger partial charge in [-0.1, -0.05) is 46.1 Å². The Balaban J connectivity index is 1.96. The third kappa shape index (κ3) is 4.23. The van der Waals surface area contributed by atoms with Crippen molar-refractivity contribution in [3.63, 3.8) is 0 Å². The van der Waals surface area contributed by atoms with Gasteiger partial charge in [0.15, 0.2) is 5.69 Å². The summed E-state index contributed by atoms with van der Waals surface area (Å²) in [5.41, 5.74) is 0.516. The summed E-state index contributed by atoms with van der Waals surface area (Å²) in [6.45, 7) is 2.97. The van der Waals surface area contributed by atoms with Crippen molar-refractivity contribution in [2.24, 2.45) is 0 Å². The average molecular weight is 478 g/mol. The second kappa shape index (κ2) is 7.91. The van der Waals surface area contributed by atoms with Crippen molar-refractivity contribution in [3.8, 4) is 5.69 Å². The zero-order chi connectivity index (χ0) is 21.5. The molecule has 0 fully saturated rings. The summed E-state index contributed by atoms with van der Waals surface area (Å²) in [5.74, 6) is -1.78. The molecule has 1 amide bonds. The minimum Gasteiger partial charge on any atom is -0.266 e. The van der Waals surface area contributed by atoms with Crippen LogP contribution >= 0.6 is 34.8 Å². The van der Waals surface area contributed by atoms with E-state index in [1.165, 1.54) is 36.7 Å². The molecule has 7 nitrogen and oxygen atoms in total. The number of rotatable bonds is 4. The van der Waals surface area contributed by atoms with Crippen LogP contribution in [-0.4, -0.2) is 29.3 Å². The Morgan fingerprint density at radius 3 is 2.41 bits per heavy atom. The number of benzene rings is 2. The van der Waals surface area contributed by atoms with E-state index in [-0.39, 0.29) is 36.9 Å². The molecule has 0 spiro atoms. The first kappa shape index (κ1) is 21.5. The highest BCUT2D eigenvalue weighted by atomic mass is 35.5. The SMILES string of the molecule is Cc1ccc(F)cc1S(=O)(=O)NC(=O)c1nnn(-c2cc(Cl)c(Cl)cc2Cl)c1C. The minimum absolute atomic E-state index is 0.197. The molecule has 3 aromatic rings. The molecule has 1 N–H and O–H groups in total. The number of hydrogen-bond donors (Lipinski definition) is 1. The molecular weight excluding hydrogens is 466 g/mol. The van der Waals surface area contributed by atoms with E-state index in [2.05, 4.69) is 10.3 Å². The zero-order valence-electron chi connectivity index (χ0n) is 14.9. The maximum atomic E-state index is 13.5. The van der Waals surface area contributed by atoms with Crippen LogP contribution in [0.1, 0.15) is 21.7 Å². The highest BCUT2D eigenvalue weighted by Gasteiger charge is 2.26. The highest BCUT2D eigenvalue weighted by Crippen LogP contribution is 2.31. The van der Waals surface area contributed by atoms with Crippen LogP contribution in [-0.2, 0) is 10.0 Å². The fraction of sp³-hybridized carbons (Fsp3) is 0.118. The van der Waals surface area contributed by atoms with E-state index >= 15 is 0 Å². The highest BCUT2D eigenvalue weighted by molar-refractivity contribution is 7.90. The Morgan fingerprint density at radius 1 is 1.07 bits per heavy atom. The van der Waals surface area contributed by atoms with Gasteiger partial charge in [-0.3, -0.25) is 4.79 Å². The Bertz CT molecular complexity index is 1240. The fourth-order valence-electron chi connectivity index (χ4n) is 2.53. The maximum absolute atomic E-state index is 13.5. The normalized spacial score (nSPS) is 11.5. The van der Waals surface area contributed by atoms with Gasteiger partial charge in [0.2, 0.25) is 0 Å². The number of amides is 1. The van der Waals surface area contributed by atoms with Crippen molar-refractivity contribution in [1.82, 2.24) is 19.7 Å².